The lowest BCUT2D eigenvalue weighted by molar-refractivity contribution is 0.368. The molecule has 2 aromatic carbocycles. The van der Waals surface area contributed by atoms with Gasteiger partial charge in [-0.05, 0) is 29.8 Å². The molecular weight excluding hydrogens is 285 g/mol. The van der Waals surface area contributed by atoms with Crippen molar-refractivity contribution < 1.29 is 22.0 Å². The molecule has 7 heteroatoms. The molecule has 0 atom stereocenters. The van der Waals surface area contributed by atoms with Crippen LogP contribution in [0, 0.1) is 0 Å². The summed E-state index contributed by atoms with van der Waals surface area (Å²) in [5.74, 6) is 0.880. The number of ether oxygens (including phenoxy) is 1. The summed E-state index contributed by atoms with van der Waals surface area (Å²) in [6.45, 7) is 0.840. The average molecular weight is 300 g/mol. The van der Waals surface area contributed by atoms with Crippen molar-refractivity contribution in [1.82, 2.24) is 0 Å². The van der Waals surface area contributed by atoms with E-state index in [2.05, 4.69) is 17.4 Å². The molecule has 0 aliphatic heterocycles. The van der Waals surface area contributed by atoms with E-state index in [4.69, 9.17) is 4.74 Å². The highest BCUT2D eigenvalue weighted by Gasteiger charge is 2.20. The Hall–Kier alpha value is -2.18. The van der Waals surface area contributed by atoms with Gasteiger partial charge in [0.1, 0.15) is 5.75 Å². The average Bonchev–Trinajstić information content (AvgIpc) is 2.45. The first-order valence-corrected chi connectivity index (χ1v) is 6.17. The molecule has 1 N–H and O–H groups in total. The van der Waals surface area contributed by atoms with Gasteiger partial charge in [0, 0.05) is 12.2 Å². The minimum Gasteiger partial charge on any atom is -0.497 e. The summed E-state index contributed by atoms with van der Waals surface area (Å²) in [7, 11) is -4.33. The fourth-order valence-corrected chi connectivity index (χ4v) is 1.51. The lowest BCUT2D eigenvalue weighted by atomic mass is 10.2. The minimum absolute atomic E-state index is 0.840. The van der Waals surface area contributed by atoms with Crippen LogP contribution in [0.5, 0.6) is 5.75 Å². The summed E-state index contributed by atoms with van der Waals surface area (Å²) in [6.07, 6.45) is 0. The summed E-state index contributed by atoms with van der Waals surface area (Å²) >= 11 is 0. The second-order valence-corrected chi connectivity index (χ2v) is 4.06. The van der Waals surface area contributed by atoms with E-state index >= 15 is 0 Å². The number of hydrogen-bond acceptors (Lipinski definition) is 2. The van der Waals surface area contributed by atoms with Crippen LogP contribution in [-0.4, -0.2) is 14.4 Å². The molecule has 0 saturated carbocycles. The van der Waals surface area contributed by atoms with E-state index in [9.17, 15) is 17.3 Å². The zero-order valence-corrected chi connectivity index (χ0v) is 11.4. The van der Waals surface area contributed by atoms with Crippen molar-refractivity contribution in [3.05, 3.63) is 60.2 Å². The highest BCUT2D eigenvalue weighted by atomic mass is 19.5. The van der Waals surface area contributed by atoms with Crippen LogP contribution in [0.25, 0.3) is 0 Å². The van der Waals surface area contributed by atoms with E-state index < -0.39 is 7.25 Å². The Kier molecular flexibility index (Phi) is 6.58. The zero-order valence-electron chi connectivity index (χ0n) is 11.4. The minimum atomic E-state index is -6.00. The maximum absolute atomic E-state index is 9.75. The number of halogens is 4. The second-order valence-electron chi connectivity index (χ2n) is 4.06. The van der Waals surface area contributed by atoms with Gasteiger partial charge in [-0.15, -0.1) is 0 Å². The number of benzene rings is 2. The van der Waals surface area contributed by atoms with Crippen LogP contribution in [0.15, 0.2) is 54.6 Å². The standard InChI is InChI=1S/C14H15NO.BF4/c1-16-14-9-7-13(8-10-14)15-11-12-5-3-2-4-6-12;2-1(3,4)5/h2-10,15H,11H2,1H3;/q;-1. The van der Waals surface area contributed by atoms with E-state index in [0.29, 0.717) is 0 Å². The first-order chi connectivity index (χ1) is 9.88. The molecule has 0 spiro atoms. The van der Waals surface area contributed by atoms with Crippen LogP contribution in [-0.2, 0) is 6.54 Å². The fraction of sp³-hybridized carbons (Fsp3) is 0.143. The SMILES string of the molecule is COc1ccc(NCc2ccccc2)cc1.F[B-](F)(F)F. The van der Waals surface area contributed by atoms with Crippen molar-refractivity contribution in [3.8, 4) is 5.75 Å². The molecule has 0 aromatic heterocycles. The van der Waals surface area contributed by atoms with Crippen LogP contribution in [0.4, 0.5) is 23.0 Å². The van der Waals surface area contributed by atoms with Crippen molar-refractivity contribution in [2.24, 2.45) is 0 Å². The Morgan fingerprint density at radius 3 is 1.90 bits per heavy atom. The molecule has 0 bridgehead atoms. The van der Waals surface area contributed by atoms with E-state index in [1.54, 1.807) is 7.11 Å². The lowest BCUT2D eigenvalue weighted by Gasteiger charge is -2.07. The van der Waals surface area contributed by atoms with Crippen LogP contribution in [0.3, 0.4) is 0 Å². The van der Waals surface area contributed by atoms with Gasteiger partial charge in [-0.25, -0.2) is 0 Å². The Balaban J connectivity index is 0.000000383. The predicted molar refractivity (Wildman–Crippen MR) is 76.9 cm³/mol. The molecule has 0 radical (unpaired) electrons. The Labute approximate surface area is 120 Å². The maximum atomic E-state index is 9.75. The number of nitrogens with one attached hydrogen (secondary N) is 1. The normalized spacial score (nSPS) is 10.3. The quantitative estimate of drug-likeness (QED) is 0.658. The first kappa shape index (κ1) is 16.9. The Morgan fingerprint density at radius 2 is 1.43 bits per heavy atom. The Bertz CT molecular complexity index is 511. The van der Waals surface area contributed by atoms with Crippen molar-refractivity contribution in [2.75, 3.05) is 12.4 Å². The van der Waals surface area contributed by atoms with Crippen LogP contribution in [0.2, 0.25) is 0 Å². The predicted octanol–water partition coefficient (Wildman–Crippen LogP) is 4.61. The van der Waals surface area contributed by atoms with E-state index in [1.807, 2.05) is 42.5 Å². The summed E-state index contributed by atoms with van der Waals surface area (Å²) in [5.41, 5.74) is 2.38. The highest BCUT2D eigenvalue weighted by Crippen LogP contribution is 2.15. The van der Waals surface area contributed by atoms with Gasteiger partial charge in [-0.1, -0.05) is 30.3 Å². The molecule has 0 amide bonds. The van der Waals surface area contributed by atoms with Gasteiger partial charge in [0.05, 0.1) is 7.11 Å². The molecule has 0 heterocycles. The van der Waals surface area contributed by atoms with Gasteiger partial charge in [0.15, 0.2) is 0 Å². The van der Waals surface area contributed by atoms with Crippen molar-refractivity contribution in [3.63, 3.8) is 0 Å². The van der Waals surface area contributed by atoms with Gasteiger partial charge >= 0.3 is 7.25 Å². The third-order valence-corrected chi connectivity index (χ3v) is 2.43. The summed E-state index contributed by atoms with van der Waals surface area (Å²) in [5, 5.41) is 3.36. The molecule has 2 aromatic rings. The first-order valence-electron chi connectivity index (χ1n) is 6.17. The number of anilines is 1. The molecule has 21 heavy (non-hydrogen) atoms. The molecule has 2 nitrogen and oxygen atoms in total. The smallest absolute Gasteiger partial charge is 0.497 e. The van der Waals surface area contributed by atoms with E-state index in [0.717, 1.165) is 18.0 Å². The van der Waals surface area contributed by atoms with Gasteiger partial charge in [-0.2, -0.15) is 0 Å². The fourth-order valence-electron chi connectivity index (χ4n) is 1.51. The second kappa shape index (κ2) is 8.19. The molecule has 114 valence electrons. The van der Waals surface area contributed by atoms with Crippen LogP contribution < -0.4 is 10.1 Å². The zero-order chi connectivity index (χ0) is 15.7. The molecular formula is C14H15BF4NO-. The topological polar surface area (TPSA) is 21.3 Å². The lowest BCUT2D eigenvalue weighted by Crippen LogP contribution is -2.02. The summed E-state index contributed by atoms with van der Waals surface area (Å²) < 4.78 is 44.1. The summed E-state index contributed by atoms with van der Waals surface area (Å²) in [4.78, 5) is 0. The maximum Gasteiger partial charge on any atom is 0.673 e. The summed E-state index contributed by atoms with van der Waals surface area (Å²) in [6, 6.07) is 18.3. The molecule has 0 aliphatic carbocycles. The largest absolute Gasteiger partial charge is 0.673 e. The monoisotopic (exact) mass is 300 g/mol. The van der Waals surface area contributed by atoms with Gasteiger partial charge < -0.3 is 27.3 Å². The third kappa shape index (κ3) is 8.57. The molecule has 2 rings (SSSR count). The number of methoxy groups -OCH3 is 1. The van der Waals surface area contributed by atoms with Crippen molar-refractivity contribution in [1.29, 1.82) is 0 Å². The third-order valence-electron chi connectivity index (χ3n) is 2.43. The highest BCUT2D eigenvalue weighted by molar-refractivity contribution is 6.50. The van der Waals surface area contributed by atoms with Crippen LogP contribution >= 0.6 is 0 Å². The van der Waals surface area contributed by atoms with Gasteiger partial charge in [-0.3, -0.25) is 0 Å². The molecule has 0 aliphatic rings. The molecule has 0 unspecified atom stereocenters. The van der Waals surface area contributed by atoms with Crippen molar-refractivity contribution in [2.45, 2.75) is 6.54 Å². The number of hydrogen-bond donors (Lipinski definition) is 1. The van der Waals surface area contributed by atoms with Gasteiger partial charge in [0.2, 0.25) is 0 Å². The van der Waals surface area contributed by atoms with E-state index in [-0.39, 0.29) is 0 Å². The molecule has 0 saturated heterocycles. The van der Waals surface area contributed by atoms with Crippen LogP contribution in [0.1, 0.15) is 5.56 Å². The van der Waals surface area contributed by atoms with Gasteiger partial charge in [0.25, 0.3) is 0 Å². The number of rotatable bonds is 4. The molecule has 0 fully saturated rings. The van der Waals surface area contributed by atoms with E-state index in [1.165, 1.54) is 5.56 Å². The van der Waals surface area contributed by atoms with Crippen molar-refractivity contribution >= 4 is 12.9 Å². The Morgan fingerprint density at radius 1 is 0.905 bits per heavy atom.